The van der Waals surface area contributed by atoms with Gasteiger partial charge in [-0.3, -0.25) is 9.59 Å². The predicted octanol–water partition coefficient (Wildman–Crippen LogP) is 5.06. The molecule has 0 bridgehead atoms. The lowest BCUT2D eigenvalue weighted by molar-refractivity contribution is -0.148. The van der Waals surface area contributed by atoms with Gasteiger partial charge in [0.1, 0.15) is 11.3 Å². The van der Waals surface area contributed by atoms with Crippen LogP contribution in [0.25, 0.3) is 11.1 Å². The summed E-state index contributed by atoms with van der Waals surface area (Å²) in [5.74, 6) is -1.58. The highest BCUT2D eigenvalue weighted by Crippen LogP contribution is 2.32. The molecule has 0 radical (unpaired) electrons. The molecule has 1 aliphatic carbocycles. The lowest BCUT2D eigenvalue weighted by Crippen LogP contribution is -2.39. The number of carbonyl (C=O) groups excluding carboxylic acids is 2. The molecule has 2 aliphatic rings. The third-order valence-electron chi connectivity index (χ3n) is 8.01. The summed E-state index contributed by atoms with van der Waals surface area (Å²) in [5.41, 5.74) is 1.62. The Bertz CT molecular complexity index is 1400. The van der Waals surface area contributed by atoms with Crippen LogP contribution in [0.1, 0.15) is 43.2 Å². The van der Waals surface area contributed by atoms with Gasteiger partial charge < -0.3 is 28.8 Å². The van der Waals surface area contributed by atoms with Crippen molar-refractivity contribution in [3.05, 3.63) is 53.1 Å². The van der Waals surface area contributed by atoms with Crippen LogP contribution >= 0.6 is 0 Å². The number of likely N-dealkylation sites (tertiary alicyclic amines) is 1. The van der Waals surface area contributed by atoms with Gasteiger partial charge in [0.25, 0.3) is 6.01 Å². The second-order valence-electron chi connectivity index (χ2n) is 10.8. The summed E-state index contributed by atoms with van der Waals surface area (Å²) in [4.78, 5) is 31.2. The van der Waals surface area contributed by atoms with Crippen molar-refractivity contribution in [2.45, 2.75) is 63.7 Å². The minimum absolute atomic E-state index is 0.0180. The second kappa shape index (κ2) is 12.5. The maximum atomic E-state index is 15.5. The number of amides is 1. The highest BCUT2D eigenvalue weighted by Gasteiger charge is 2.38. The summed E-state index contributed by atoms with van der Waals surface area (Å²) in [7, 11) is 2.99. The first-order chi connectivity index (χ1) is 19.7. The normalized spacial score (nSPS) is 22.7. The predicted molar refractivity (Wildman–Crippen MR) is 147 cm³/mol. The van der Waals surface area contributed by atoms with Crippen LogP contribution < -0.4 is 5.32 Å². The zero-order valence-electron chi connectivity index (χ0n) is 23.5. The van der Waals surface area contributed by atoms with E-state index in [1.807, 2.05) is 0 Å². The minimum Gasteiger partial charge on any atom is -0.469 e. The number of halogens is 2. The number of hydrogen-bond donors (Lipinski definition) is 1. The van der Waals surface area contributed by atoms with Gasteiger partial charge in [0.05, 0.1) is 44.3 Å². The Morgan fingerprint density at radius 1 is 1.10 bits per heavy atom. The average molecular weight is 572 g/mol. The molecule has 0 spiro atoms. The lowest BCUT2D eigenvalue weighted by atomic mass is 9.87. The lowest BCUT2D eigenvalue weighted by Gasteiger charge is -2.29. The molecular weight excluding hydrogens is 536 g/mol. The summed E-state index contributed by atoms with van der Waals surface area (Å²) >= 11 is 0. The Kier molecular flexibility index (Phi) is 8.84. The Balaban J connectivity index is 1.24. The van der Waals surface area contributed by atoms with Gasteiger partial charge >= 0.3 is 5.97 Å². The van der Waals surface area contributed by atoms with Gasteiger partial charge in [-0.15, -0.1) is 0 Å². The van der Waals surface area contributed by atoms with Crippen molar-refractivity contribution in [2.75, 3.05) is 32.7 Å². The summed E-state index contributed by atoms with van der Waals surface area (Å²) in [5, 5.41) is 2.89. The quantitative estimate of drug-likeness (QED) is 0.356. The molecule has 41 heavy (non-hydrogen) atoms. The van der Waals surface area contributed by atoms with Crippen LogP contribution in [0.3, 0.4) is 0 Å². The molecule has 1 N–H and O–H groups in total. The number of ether oxygens (including phenoxy) is 3. The van der Waals surface area contributed by atoms with Crippen LogP contribution in [0, 0.1) is 24.5 Å². The van der Waals surface area contributed by atoms with E-state index < -0.39 is 11.6 Å². The first kappa shape index (κ1) is 28.9. The molecule has 5 rings (SSSR count). The van der Waals surface area contributed by atoms with Gasteiger partial charge in [-0.2, -0.15) is 4.98 Å². The molecule has 2 atom stereocenters. The van der Waals surface area contributed by atoms with Crippen LogP contribution in [0.2, 0.25) is 0 Å². The maximum absolute atomic E-state index is 15.5. The Morgan fingerprint density at radius 3 is 2.61 bits per heavy atom. The molecule has 0 unspecified atom stereocenters. The van der Waals surface area contributed by atoms with E-state index in [4.69, 9.17) is 18.6 Å². The number of nitrogens with zero attached hydrogens (tertiary/aromatic N) is 2. The van der Waals surface area contributed by atoms with Gasteiger partial charge in [-0.25, -0.2) is 8.78 Å². The maximum Gasteiger partial charge on any atom is 0.308 e. The molecule has 1 aromatic heterocycles. The Labute approximate surface area is 237 Å². The van der Waals surface area contributed by atoms with E-state index in [2.05, 4.69) is 10.3 Å². The van der Waals surface area contributed by atoms with Gasteiger partial charge in [0.2, 0.25) is 5.91 Å². The Morgan fingerprint density at radius 2 is 1.88 bits per heavy atom. The molecule has 1 saturated heterocycles. The number of carbonyl (C=O) groups is 2. The van der Waals surface area contributed by atoms with E-state index in [0.29, 0.717) is 25.3 Å². The highest BCUT2D eigenvalue weighted by atomic mass is 19.1. The number of hydrogen-bond acceptors (Lipinski definition) is 8. The van der Waals surface area contributed by atoms with Crippen molar-refractivity contribution < 1.29 is 37.0 Å². The molecular formula is C30H35F2N3O6. The van der Waals surface area contributed by atoms with Gasteiger partial charge in [0, 0.05) is 24.9 Å². The molecule has 2 fully saturated rings. The van der Waals surface area contributed by atoms with Crippen LogP contribution in [0.15, 0.2) is 34.7 Å². The molecule has 1 saturated carbocycles. The Hall–Kier alpha value is -3.57. The largest absolute Gasteiger partial charge is 0.469 e. The number of fused-ring (bicyclic) bond motifs is 1. The molecule has 9 nitrogen and oxygen atoms in total. The fourth-order valence-electron chi connectivity index (χ4n) is 5.80. The zero-order chi connectivity index (χ0) is 29.1. The second-order valence-corrected chi connectivity index (χ2v) is 10.8. The number of aromatic nitrogens is 1. The van der Waals surface area contributed by atoms with Gasteiger partial charge in [0.15, 0.2) is 11.4 Å². The molecule has 2 heterocycles. The summed E-state index contributed by atoms with van der Waals surface area (Å²) < 4.78 is 51.4. The molecule has 11 heteroatoms. The summed E-state index contributed by atoms with van der Waals surface area (Å²) in [6.45, 7) is 2.53. The first-order valence-electron chi connectivity index (χ1n) is 13.9. The molecule has 1 amide bonds. The minimum atomic E-state index is -0.662. The SMILES string of the molecule is COC[C@@H]1C[C@@H](OC2CCC(C(=O)OC)CC2)CN1C(=O)Cc1ccc2nc(Nc3cc(F)ccc3C)oc2c1F. The highest BCUT2D eigenvalue weighted by molar-refractivity contribution is 5.83. The van der Waals surface area contributed by atoms with E-state index >= 15 is 4.39 Å². The smallest absolute Gasteiger partial charge is 0.308 e. The monoisotopic (exact) mass is 571 g/mol. The van der Waals surface area contributed by atoms with Gasteiger partial charge in [-0.05, 0) is 62.8 Å². The number of esters is 1. The van der Waals surface area contributed by atoms with E-state index in [1.54, 1.807) is 31.1 Å². The third-order valence-corrected chi connectivity index (χ3v) is 8.01. The van der Waals surface area contributed by atoms with E-state index in [9.17, 15) is 14.0 Å². The molecule has 2 aromatic carbocycles. The number of benzene rings is 2. The molecule has 220 valence electrons. The fourth-order valence-corrected chi connectivity index (χ4v) is 5.80. The van der Waals surface area contributed by atoms with Crippen LogP contribution in [0.5, 0.6) is 0 Å². The number of methoxy groups -OCH3 is 2. The molecule has 3 aromatic rings. The van der Waals surface area contributed by atoms with Crippen molar-refractivity contribution in [2.24, 2.45) is 5.92 Å². The van der Waals surface area contributed by atoms with Crippen molar-refractivity contribution >= 4 is 34.7 Å². The van der Waals surface area contributed by atoms with E-state index in [0.717, 1.165) is 31.2 Å². The zero-order valence-corrected chi connectivity index (χ0v) is 23.5. The molecule has 1 aliphatic heterocycles. The number of rotatable bonds is 9. The van der Waals surface area contributed by atoms with Crippen molar-refractivity contribution in [1.82, 2.24) is 9.88 Å². The standard InChI is InChI=1S/C30H35F2N3O6/c1-17-4-8-20(31)13-25(17)34-30-33-24-11-7-19(27(32)28(24)41-30)12-26(36)35-15-23(14-21(35)16-38-2)40-22-9-5-18(6-10-22)29(37)39-3/h4,7-8,11,13,18,21-23H,5-6,9-10,12,14-16H2,1-3H3,(H,33,34)/t18?,21-,22?,23+/m0/s1. The number of anilines is 2. The van der Waals surface area contributed by atoms with E-state index in [1.165, 1.54) is 25.3 Å². The number of nitrogens with one attached hydrogen (secondary N) is 1. The van der Waals surface area contributed by atoms with Crippen LogP contribution in [0.4, 0.5) is 20.5 Å². The van der Waals surface area contributed by atoms with Crippen LogP contribution in [-0.4, -0.2) is 67.4 Å². The van der Waals surface area contributed by atoms with Crippen LogP contribution in [-0.2, 0) is 30.2 Å². The van der Waals surface area contributed by atoms with E-state index in [-0.39, 0.29) is 65.1 Å². The summed E-state index contributed by atoms with van der Waals surface area (Å²) in [6, 6.07) is 7.24. The van der Waals surface area contributed by atoms with Gasteiger partial charge in [-0.1, -0.05) is 12.1 Å². The summed E-state index contributed by atoms with van der Waals surface area (Å²) in [6.07, 6.45) is 3.27. The van der Waals surface area contributed by atoms with Crippen molar-refractivity contribution in [1.29, 1.82) is 0 Å². The topological polar surface area (TPSA) is 103 Å². The average Bonchev–Trinajstić information content (AvgIpc) is 3.56. The van der Waals surface area contributed by atoms with Crippen molar-refractivity contribution in [3.8, 4) is 0 Å². The first-order valence-corrected chi connectivity index (χ1v) is 13.9. The third kappa shape index (κ3) is 6.51. The fraction of sp³-hybridized carbons (Fsp3) is 0.500. The number of aryl methyl sites for hydroxylation is 1. The van der Waals surface area contributed by atoms with Crippen molar-refractivity contribution in [3.63, 3.8) is 0 Å². The number of oxazole rings is 1.